The van der Waals surface area contributed by atoms with E-state index in [-0.39, 0.29) is 0 Å². The van der Waals surface area contributed by atoms with Crippen LogP contribution in [0.25, 0.3) is 5.78 Å². The zero-order valence-electron chi connectivity index (χ0n) is 8.08. The van der Waals surface area contributed by atoms with Crippen molar-refractivity contribution < 1.29 is 0 Å². The number of imidazole rings is 1. The molecule has 0 aliphatic heterocycles. The minimum Gasteiger partial charge on any atom is -0.316 e. The van der Waals surface area contributed by atoms with Crippen molar-refractivity contribution in [2.75, 3.05) is 7.05 Å². The van der Waals surface area contributed by atoms with E-state index < -0.39 is 0 Å². The van der Waals surface area contributed by atoms with E-state index in [4.69, 9.17) is 0 Å². The van der Waals surface area contributed by atoms with Crippen LogP contribution in [0, 0.1) is 6.92 Å². The molecule has 0 bridgehead atoms. The molecule has 0 spiro atoms. The monoisotopic (exact) mass is 254 g/mol. The molecule has 2 heterocycles. The zero-order chi connectivity index (χ0) is 10.1. The van der Waals surface area contributed by atoms with Gasteiger partial charge in [0.05, 0.1) is 5.69 Å². The third kappa shape index (κ3) is 1.53. The van der Waals surface area contributed by atoms with Gasteiger partial charge in [0, 0.05) is 24.5 Å². The number of aromatic nitrogens is 3. The van der Waals surface area contributed by atoms with Crippen LogP contribution >= 0.6 is 15.9 Å². The number of hydrogen-bond donors (Lipinski definition) is 1. The highest BCUT2D eigenvalue weighted by Gasteiger charge is 2.06. The van der Waals surface area contributed by atoms with Crippen molar-refractivity contribution in [3.8, 4) is 0 Å². The third-order valence-corrected chi connectivity index (χ3v) is 2.97. The Balaban J connectivity index is 2.58. The van der Waals surface area contributed by atoms with Crippen LogP contribution < -0.4 is 5.32 Å². The van der Waals surface area contributed by atoms with Crippen molar-refractivity contribution in [2.45, 2.75) is 13.5 Å². The smallest absolute Gasteiger partial charge is 0.234 e. The summed E-state index contributed by atoms with van der Waals surface area (Å²) in [6, 6.07) is 0. The summed E-state index contributed by atoms with van der Waals surface area (Å²) in [6.07, 6.45) is 3.87. The molecule has 0 amide bonds. The zero-order valence-corrected chi connectivity index (χ0v) is 9.67. The van der Waals surface area contributed by atoms with Gasteiger partial charge in [0.2, 0.25) is 5.78 Å². The maximum absolute atomic E-state index is 4.30. The second kappa shape index (κ2) is 3.67. The van der Waals surface area contributed by atoms with Crippen molar-refractivity contribution in [1.82, 2.24) is 19.7 Å². The summed E-state index contributed by atoms with van der Waals surface area (Å²) in [5.41, 5.74) is 2.09. The van der Waals surface area contributed by atoms with E-state index >= 15 is 0 Å². The van der Waals surface area contributed by atoms with Gasteiger partial charge in [-0.25, -0.2) is 9.97 Å². The van der Waals surface area contributed by atoms with Gasteiger partial charge in [-0.3, -0.25) is 4.40 Å². The molecule has 0 aliphatic rings. The number of nitrogens with one attached hydrogen (secondary N) is 1. The Bertz CT molecular complexity index is 463. The molecule has 4 nitrogen and oxygen atoms in total. The first-order valence-corrected chi connectivity index (χ1v) is 5.15. The SMILES string of the molecule is CNCc1cnc2nc(C)c(Br)n2c1. The molecule has 2 rings (SSSR count). The molecule has 2 aromatic rings. The first kappa shape index (κ1) is 9.61. The molecule has 0 fully saturated rings. The van der Waals surface area contributed by atoms with E-state index in [1.807, 2.05) is 30.8 Å². The molecule has 0 atom stereocenters. The summed E-state index contributed by atoms with van der Waals surface area (Å²) >= 11 is 3.48. The van der Waals surface area contributed by atoms with E-state index in [1.54, 1.807) is 0 Å². The lowest BCUT2D eigenvalue weighted by Gasteiger charge is -2.00. The number of nitrogens with zero attached hydrogens (tertiary/aromatic N) is 3. The Labute approximate surface area is 90.5 Å². The topological polar surface area (TPSA) is 42.2 Å². The third-order valence-electron chi connectivity index (χ3n) is 2.01. The van der Waals surface area contributed by atoms with Gasteiger partial charge in [-0.05, 0) is 29.9 Å². The van der Waals surface area contributed by atoms with Gasteiger partial charge in [-0.1, -0.05) is 0 Å². The lowest BCUT2D eigenvalue weighted by molar-refractivity contribution is 0.803. The minimum absolute atomic E-state index is 0.731. The summed E-state index contributed by atoms with van der Waals surface area (Å²) in [6.45, 7) is 2.77. The van der Waals surface area contributed by atoms with Crippen LogP contribution in [-0.2, 0) is 6.54 Å². The van der Waals surface area contributed by atoms with Gasteiger partial charge in [0.15, 0.2) is 0 Å². The fraction of sp³-hybridized carbons (Fsp3) is 0.333. The number of fused-ring (bicyclic) bond motifs is 1. The van der Waals surface area contributed by atoms with E-state index in [0.29, 0.717) is 0 Å². The van der Waals surface area contributed by atoms with E-state index in [1.165, 1.54) is 0 Å². The summed E-state index contributed by atoms with van der Waals surface area (Å²) in [5, 5.41) is 3.09. The largest absolute Gasteiger partial charge is 0.316 e. The molecule has 0 saturated carbocycles. The van der Waals surface area contributed by atoms with E-state index in [9.17, 15) is 0 Å². The van der Waals surface area contributed by atoms with Gasteiger partial charge >= 0.3 is 0 Å². The number of hydrogen-bond acceptors (Lipinski definition) is 3. The molecular formula is C9H11BrN4. The van der Waals surface area contributed by atoms with Crippen molar-refractivity contribution in [3.63, 3.8) is 0 Å². The van der Waals surface area contributed by atoms with Crippen LogP contribution in [0.5, 0.6) is 0 Å². The highest BCUT2D eigenvalue weighted by molar-refractivity contribution is 9.10. The average Bonchev–Trinajstić information content (AvgIpc) is 2.45. The molecule has 0 radical (unpaired) electrons. The predicted molar refractivity (Wildman–Crippen MR) is 58.2 cm³/mol. The fourth-order valence-corrected chi connectivity index (χ4v) is 1.70. The summed E-state index contributed by atoms with van der Waals surface area (Å²) in [7, 11) is 1.92. The first-order chi connectivity index (χ1) is 6.72. The van der Waals surface area contributed by atoms with Crippen LogP contribution in [-0.4, -0.2) is 21.4 Å². The fourth-order valence-electron chi connectivity index (χ4n) is 1.35. The predicted octanol–water partition coefficient (Wildman–Crippen LogP) is 1.52. The highest BCUT2D eigenvalue weighted by atomic mass is 79.9. The normalized spacial score (nSPS) is 11.1. The van der Waals surface area contributed by atoms with E-state index in [2.05, 4.69) is 31.2 Å². The van der Waals surface area contributed by atoms with Crippen molar-refractivity contribution in [3.05, 3.63) is 28.3 Å². The van der Waals surface area contributed by atoms with Crippen molar-refractivity contribution in [2.24, 2.45) is 0 Å². The molecular weight excluding hydrogens is 244 g/mol. The molecule has 0 saturated heterocycles. The maximum Gasteiger partial charge on any atom is 0.234 e. The Kier molecular flexibility index (Phi) is 2.52. The molecule has 0 aliphatic carbocycles. The quantitative estimate of drug-likeness (QED) is 0.884. The lowest BCUT2D eigenvalue weighted by Crippen LogP contribution is -2.06. The first-order valence-electron chi connectivity index (χ1n) is 4.36. The number of halogens is 1. The van der Waals surface area contributed by atoms with Crippen LogP contribution in [0.4, 0.5) is 0 Å². The van der Waals surface area contributed by atoms with Crippen molar-refractivity contribution in [1.29, 1.82) is 0 Å². The van der Waals surface area contributed by atoms with Gasteiger partial charge < -0.3 is 5.32 Å². The average molecular weight is 255 g/mol. The van der Waals surface area contributed by atoms with Crippen LogP contribution in [0.15, 0.2) is 17.0 Å². The summed E-state index contributed by atoms with van der Waals surface area (Å²) < 4.78 is 2.92. The van der Waals surface area contributed by atoms with Crippen LogP contribution in [0.1, 0.15) is 11.3 Å². The minimum atomic E-state index is 0.731. The molecule has 14 heavy (non-hydrogen) atoms. The second-order valence-electron chi connectivity index (χ2n) is 3.15. The van der Waals surface area contributed by atoms with Crippen molar-refractivity contribution >= 4 is 21.7 Å². The molecule has 0 aromatic carbocycles. The Morgan fingerprint density at radius 1 is 1.57 bits per heavy atom. The Morgan fingerprint density at radius 3 is 3.07 bits per heavy atom. The number of aryl methyl sites for hydroxylation is 1. The standard InChI is InChI=1S/C9H11BrN4/c1-6-8(10)14-5-7(3-11-2)4-12-9(14)13-6/h4-5,11H,3H2,1-2H3. The highest BCUT2D eigenvalue weighted by Crippen LogP contribution is 2.17. The lowest BCUT2D eigenvalue weighted by atomic mass is 10.3. The van der Waals surface area contributed by atoms with Crippen LogP contribution in [0.2, 0.25) is 0 Å². The molecule has 1 N–H and O–H groups in total. The molecule has 0 unspecified atom stereocenters. The molecule has 5 heteroatoms. The second-order valence-corrected chi connectivity index (χ2v) is 3.90. The van der Waals surface area contributed by atoms with Gasteiger partial charge in [0.1, 0.15) is 4.60 Å². The Hall–Kier alpha value is -0.940. The van der Waals surface area contributed by atoms with Gasteiger partial charge in [0.25, 0.3) is 0 Å². The van der Waals surface area contributed by atoms with Gasteiger partial charge in [-0.15, -0.1) is 0 Å². The molecule has 2 aromatic heterocycles. The summed E-state index contributed by atoms with van der Waals surface area (Å²) in [5.74, 6) is 0.731. The van der Waals surface area contributed by atoms with Crippen LogP contribution in [0.3, 0.4) is 0 Å². The molecule has 74 valence electrons. The Morgan fingerprint density at radius 2 is 2.36 bits per heavy atom. The maximum atomic E-state index is 4.30. The van der Waals surface area contributed by atoms with Gasteiger partial charge in [-0.2, -0.15) is 0 Å². The number of rotatable bonds is 2. The van der Waals surface area contributed by atoms with E-state index in [0.717, 1.165) is 28.2 Å². The summed E-state index contributed by atoms with van der Waals surface area (Å²) in [4.78, 5) is 8.56.